The van der Waals surface area contributed by atoms with Gasteiger partial charge in [0.15, 0.2) is 6.10 Å². The molecule has 30 heavy (non-hydrogen) atoms. The van der Waals surface area contributed by atoms with Crippen molar-refractivity contribution in [3.05, 3.63) is 35.9 Å². The minimum absolute atomic E-state index is 0.138. The molecule has 1 aliphatic heterocycles. The second-order valence-electron chi connectivity index (χ2n) is 7.80. The van der Waals surface area contributed by atoms with Gasteiger partial charge in [0.05, 0.1) is 12.3 Å². The molecule has 0 spiro atoms. The molecule has 1 heterocycles. The molecule has 1 aromatic carbocycles. The van der Waals surface area contributed by atoms with Crippen molar-refractivity contribution in [3.8, 4) is 0 Å². The van der Waals surface area contributed by atoms with E-state index < -0.39 is 59.9 Å². The van der Waals surface area contributed by atoms with Crippen LogP contribution in [-0.2, 0) is 35.1 Å². The highest BCUT2D eigenvalue weighted by molar-refractivity contribution is 6.07. The SMILES string of the molecule is CC(C)(C)OC(=O)N[C@H](CC(=O)O)C(=O)O[C@@H]1C(=O)NC(=O)[C@H]1Cc1ccccc1. The Labute approximate surface area is 172 Å². The van der Waals surface area contributed by atoms with E-state index >= 15 is 0 Å². The van der Waals surface area contributed by atoms with Crippen LogP contribution in [0, 0.1) is 5.92 Å². The Morgan fingerprint density at radius 3 is 2.33 bits per heavy atom. The van der Waals surface area contributed by atoms with Gasteiger partial charge >= 0.3 is 18.0 Å². The van der Waals surface area contributed by atoms with Crippen LogP contribution in [0.1, 0.15) is 32.8 Å². The van der Waals surface area contributed by atoms with E-state index in [4.69, 9.17) is 14.6 Å². The molecule has 1 aliphatic rings. The maximum atomic E-state index is 12.5. The molecule has 10 heteroatoms. The van der Waals surface area contributed by atoms with Gasteiger partial charge in [-0.15, -0.1) is 0 Å². The largest absolute Gasteiger partial charge is 0.481 e. The average Bonchev–Trinajstić information content (AvgIpc) is 2.87. The zero-order valence-corrected chi connectivity index (χ0v) is 16.8. The van der Waals surface area contributed by atoms with Gasteiger partial charge in [0.2, 0.25) is 5.91 Å². The average molecular weight is 420 g/mol. The molecule has 2 rings (SSSR count). The zero-order chi connectivity index (χ0) is 22.5. The third-order valence-corrected chi connectivity index (χ3v) is 4.10. The van der Waals surface area contributed by atoms with Gasteiger partial charge in [-0.3, -0.25) is 19.7 Å². The van der Waals surface area contributed by atoms with Crippen LogP contribution in [0.15, 0.2) is 30.3 Å². The van der Waals surface area contributed by atoms with Gasteiger partial charge in [-0.25, -0.2) is 9.59 Å². The molecule has 0 unspecified atom stereocenters. The molecule has 0 aliphatic carbocycles. The number of amides is 3. The van der Waals surface area contributed by atoms with Crippen LogP contribution in [0.2, 0.25) is 0 Å². The Balaban J connectivity index is 2.12. The van der Waals surface area contributed by atoms with Crippen LogP contribution in [0.3, 0.4) is 0 Å². The first-order valence-corrected chi connectivity index (χ1v) is 9.26. The van der Waals surface area contributed by atoms with Crippen molar-refractivity contribution < 1.29 is 38.6 Å². The van der Waals surface area contributed by atoms with E-state index in [0.29, 0.717) is 0 Å². The number of nitrogens with one attached hydrogen (secondary N) is 2. The van der Waals surface area contributed by atoms with Crippen LogP contribution < -0.4 is 10.6 Å². The van der Waals surface area contributed by atoms with Crippen LogP contribution in [0.25, 0.3) is 0 Å². The topological polar surface area (TPSA) is 148 Å². The van der Waals surface area contributed by atoms with Crippen molar-refractivity contribution in [3.63, 3.8) is 0 Å². The van der Waals surface area contributed by atoms with Gasteiger partial charge in [-0.1, -0.05) is 30.3 Å². The van der Waals surface area contributed by atoms with Gasteiger partial charge in [0.25, 0.3) is 5.91 Å². The molecule has 3 N–H and O–H groups in total. The lowest BCUT2D eigenvalue weighted by atomic mass is 9.95. The standard InChI is InChI=1S/C20H24N2O8/c1-20(2,3)30-19(28)21-13(10-14(23)24)18(27)29-15-12(16(25)22-17(15)26)9-11-7-5-4-6-8-11/h4-8,12-13,15H,9-10H2,1-3H3,(H,21,28)(H,23,24)(H,22,25,26)/t12-,13+,15-/m0/s1. The molecule has 1 saturated heterocycles. The number of aliphatic carboxylic acids is 1. The number of carboxylic acids is 1. The fourth-order valence-electron chi connectivity index (χ4n) is 2.83. The molecule has 0 bridgehead atoms. The molecule has 10 nitrogen and oxygen atoms in total. The molecule has 1 fully saturated rings. The number of alkyl carbamates (subject to hydrolysis) is 1. The van der Waals surface area contributed by atoms with E-state index in [1.54, 1.807) is 51.1 Å². The Morgan fingerprint density at radius 2 is 1.77 bits per heavy atom. The maximum Gasteiger partial charge on any atom is 0.408 e. The fraction of sp³-hybridized carbons (Fsp3) is 0.450. The first-order valence-electron chi connectivity index (χ1n) is 9.26. The first-order chi connectivity index (χ1) is 14.0. The molecule has 0 radical (unpaired) electrons. The third kappa shape index (κ3) is 6.57. The van der Waals surface area contributed by atoms with Crippen molar-refractivity contribution in [2.75, 3.05) is 0 Å². The van der Waals surface area contributed by atoms with Crippen molar-refractivity contribution in [2.24, 2.45) is 5.92 Å². The van der Waals surface area contributed by atoms with E-state index in [1.807, 2.05) is 0 Å². The number of hydrogen-bond donors (Lipinski definition) is 3. The summed E-state index contributed by atoms with van der Waals surface area (Å²) in [7, 11) is 0. The van der Waals surface area contributed by atoms with E-state index in [2.05, 4.69) is 10.6 Å². The number of esters is 1. The Morgan fingerprint density at radius 1 is 1.13 bits per heavy atom. The minimum Gasteiger partial charge on any atom is -0.481 e. The Bertz CT molecular complexity index is 831. The zero-order valence-electron chi connectivity index (χ0n) is 16.8. The molecule has 162 valence electrons. The van der Waals surface area contributed by atoms with Gasteiger partial charge < -0.3 is 19.9 Å². The fourth-order valence-corrected chi connectivity index (χ4v) is 2.83. The smallest absolute Gasteiger partial charge is 0.408 e. The third-order valence-electron chi connectivity index (χ3n) is 4.10. The number of carboxylic acid groups (broad SMARTS) is 1. The molecule has 3 atom stereocenters. The van der Waals surface area contributed by atoms with E-state index in [-0.39, 0.29) is 6.42 Å². The van der Waals surface area contributed by atoms with Crippen LogP contribution >= 0.6 is 0 Å². The molecular weight excluding hydrogens is 396 g/mol. The monoisotopic (exact) mass is 420 g/mol. The summed E-state index contributed by atoms with van der Waals surface area (Å²) in [6, 6.07) is 7.23. The lowest BCUT2D eigenvalue weighted by molar-refractivity contribution is -0.160. The summed E-state index contributed by atoms with van der Waals surface area (Å²) < 4.78 is 10.2. The van der Waals surface area contributed by atoms with E-state index in [9.17, 15) is 24.0 Å². The minimum atomic E-state index is -1.60. The molecular formula is C20H24N2O8. The van der Waals surface area contributed by atoms with Crippen molar-refractivity contribution in [1.29, 1.82) is 0 Å². The number of carbonyl (C=O) groups is 5. The second-order valence-corrected chi connectivity index (χ2v) is 7.80. The van der Waals surface area contributed by atoms with Crippen LogP contribution in [0.4, 0.5) is 4.79 Å². The predicted octanol–water partition coefficient (Wildman–Crippen LogP) is 0.782. The number of ether oxygens (including phenoxy) is 2. The van der Waals surface area contributed by atoms with Crippen LogP contribution in [-0.4, -0.2) is 52.7 Å². The first kappa shape index (κ1) is 22.9. The lowest BCUT2D eigenvalue weighted by Gasteiger charge is -2.23. The highest BCUT2D eigenvalue weighted by Crippen LogP contribution is 2.22. The number of hydrogen-bond acceptors (Lipinski definition) is 7. The highest BCUT2D eigenvalue weighted by Gasteiger charge is 2.45. The lowest BCUT2D eigenvalue weighted by Crippen LogP contribution is -2.47. The number of benzene rings is 1. The summed E-state index contributed by atoms with van der Waals surface area (Å²) in [6.07, 6.45) is -3.11. The normalized spacial score (nSPS) is 19.6. The van der Waals surface area contributed by atoms with Crippen molar-refractivity contribution >= 4 is 29.8 Å². The molecule has 0 saturated carbocycles. The van der Waals surface area contributed by atoms with E-state index in [0.717, 1.165) is 5.56 Å². The molecule has 3 amide bonds. The summed E-state index contributed by atoms with van der Waals surface area (Å²) in [6.45, 7) is 4.79. The summed E-state index contributed by atoms with van der Waals surface area (Å²) in [5.41, 5.74) is -0.123. The molecule has 0 aromatic heterocycles. The quantitative estimate of drug-likeness (QED) is 0.433. The highest BCUT2D eigenvalue weighted by atomic mass is 16.6. The second kappa shape index (κ2) is 9.38. The number of carbonyl (C=O) groups excluding carboxylic acids is 4. The van der Waals surface area contributed by atoms with Crippen molar-refractivity contribution in [1.82, 2.24) is 10.6 Å². The summed E-state index contributed by atoms with van der Waals surface area (Å²) in [5.74, 6) is -4.91. The summed E-state index contributed by atoms with van der Waals surface area (Å²) in [4.78, 5) is 59.9. The van der Waals surface area contributed by atoms with Crippen LogP contribution in [0.5, 0.6) is 0 Å². The number of imide groups is 1. The van der Waals surface area contributed by atoms with E-state index in [1.165, 1.54) is 0 Å². The van der Waals surface area contributed by atoms with Gasteiger partial charge in [0, 0.05) is 0 Å². The maximum absolute atomic E-state index is 12.5. The summed E-state index contributed by atoms with van der Waals surface area (Å²) >= 11 is 0. The van der Waals surface area contributed by atoms with Gasteiger partial charge in [0.1, 0.15) is 11.6 Å². The Hall–Kier alpha value is -3.43. The van der Waals surface area contributed by atoms with Crippen molar-refractivity contribution in [2.45, 2.75) is 51.4 Å². The van der Waals surface area contributed by atoms with Gasteiger partial charge in [-0.2, -0.15) is 0 Å². The molecule has 1 aromatic rings. The Kier molecular flexibility index (Phi) is 7.14. The van der Waals surface area contributed by atoms with Gasteiger partial charge in [-0.05, 0) is 32.8 Å². The summed E-state index contributed by atoms with van der Waals surface area (Å²) in [5, 5.41) is 13.3. The predicted molar refractivity (Wildman–Crippen MR) is 102 cm³/mol. The number of rotatable bonds is 7.